The number of aromatic nitrogens is 1. The summed E-state index contributed by atoms with van der Waals surface area (Å²) in [6.45, 7) is 3.43. The predicted octanol–water partition coefficient (Wildman–Crippen LogP) is 3.60. The smallest absolute Gasteiger partial charge is 0.246 e. The van der Waals surface area contributed by atoms with E-state index in [1.165, 1.54) is 16.7 Å². The number of amides is 2. The van der Waals surface area contributed by atoms with Crippen LogP contribution in [0.3, 0.4) is 0 Å². The van der Waals surface area contributed by atoms with Crippen molar-refractivity contribution in [1.82, 2.24) is 9.88 Å². The van der Waals surface area contributed by atoms with Gasteiger partial charge in [0.1, 0.15) is 5.82 Å². The van der Waals surface area contributed by atoms with Crippen molar-refractivity contribution in [2.24, 2.45) is 0 Å². The van der Waals surface area contributed by atoms with Gasteiger partial charge in [-0.25, -0.2) is 4.98 Å². The number of nitrogens with zero attached hydrogens (tertiary/aromatic N) is 2. The third-order valence-corrected chi connectivity index (χ3v) is 5.23. The highest BCUT2D eigenvalue weighted by molar-refractivity contribution is 5.94. The Morgan fingerprint density at radius 2 is 2.00 bits per heavy atom. The van der Waals surface area contributed by atoms with E-state index in [4.69, 9.17) is 0 Å². The van der Waals surface area contributed by atoms with E-state index in [0.717, 1.165) is 24.1 Å². The topological polar surface area (TPSA) is 62.3 Å². The lowest BCUT2D eigenvalue weighted by atomic mass is 9.98. The van der Waals surface area contributed by atoms with E-state index < -0.39 is 0 Å². The average Bonchev–Trinajstić information content (AvgIpc) is 2.72. The molecular formula is C23H23N3O2. The van der Waals surface area contributed by atoms with Gasteiger partial charge in [0.2, 0.25) is 11.8 Å². The molecule has 0 aliphatic carbocycles. The van der Waals surface area contributed by atoms with Crippen molar-refractivity contribution in [1.29, 1.82) is 0 Å². The van der Waals surface area contributed by atoms with Crippen molar-refractivity contribution >= 4 is 29.3 Å². The largest absolute Gasteiger partial charge is 0.335 e. The minimum absolute atomic E-state index is 0.00151. The van der Waals surface area contributed by atoms with Crippen LogP contribution in [0.25, 0.3) is 11.6 Å². The van der Waals surface area contributed by atoms with Crippen LogP contribution in [0.1, 0.15) is 35.1 Å². The average molecular weight is 373 g/mol. The number of aryl methyl sites for hydroxylation is 2. The normalized spacial score (nSPS) is 16.5. The van der Waals surface area contributed by atoms with Crippen molar-refractivity contribution in [3.05, 3.63) is 70.9 Å². The van der Waals surface area contributed by atoms with E-state index in [0.29, 0.717) is 25.2 Å². The van der Waals surface area contributed by atoms with Crippen molar-refractivity contribution in [3.8, 4) is 0 Å². The summed E-state index contributed by atoms with van der Waals surface area (Å²) >= 11 is 0. The first kappa shape index (κ1) is 18.2. The summed E-state index contributed by atoms with van der Waals surface area (Å²) in [6.07, 6.45) is 9.25. The number of hydrogen-bond acceptors (Lipinski definition) is 3. The maximum Gasteiger partial charge on any atom is 0.246 e. The maximum atomic E-state index is 12.5. The molecule has 0 unspecified atom stereocenters. The Morgan fingerprint density at radius 1 is 1.18 bits per heavy atom. The number of hydrogen-bond donors (Lipinski definition) is 1. The molecule has 2 amide bonds. The number of nitrogens with one attached hydrogen (secondary N) is 1. The van der Waals surface area contributed by atoms with Crippen LogP contribution in [0.5, 0.6) is 0 Å². The Hall–Kier alpha value is -3.21. The van der Waals surface area contributed by atoms with Gasteiger partial charge in [-0.1, -0.05) is 35.9 Å². The molecule has 0 saturated carbocycles. The summed E-state index contributed by atoms with van der Waals surface area (Å²) in [5, 5.41) is 2.77. The number of benzene rings is 1. The fraction of sp³-hybridized carbons (Fsp3) is 0.261. The molecule has 2 aliphatic heterocycles. The van der Waals surface area contributed by atoms with E-state index in [1.807, 2.05) is 11.0 Å². The van der Waals surface area contributed by atoms with Gasteiger partial charge in [0, 0.05) is 31.8 Å². The van der Waals surface area contributed by atoms with Crippen LogP contribution in [-0.4, -0.2) is 34.8 Å². The van der Waals surface area contributed by atoms with Crippen molar-refractivity contribution in [2.45, 2.75) is 26.2 Å². The van der Waals surface area contributed by atoms with Gasteiger partial charge in [-0.15, -0.1) is 0 Å². The van der Waals surface area contributed by atoms with Crippen LogP contribution >= 0.6 is 0 Å². The first-order chi connectivity index (χ1) is 13.6. The molecule has 2 aliphatic rings. The molecule has 1 aromatic carbocycles. The van der Waals surface area contributed by atoms with Gasteiger partial charge < -0.3 is 10.2 Å². The van der Waals surface area contributed by atoms with E-state index in [9.17, 15) is 9.59 Å². The Labute approximate surface area is 164 Å². The van der Waals surface area contributed by atoms with Gasteiger partial charge in [-0.05, 0) is 54.2 Å². The van der Waals surface area contributed by atoms with Crippen LogP contribution in [0.15, 0.2) is 48.7 Å². The summed E-state index contributed by atoms with van der Waals surface area (Å²) in [6, 6.07) is 10.5. The fourth-order valence-electron chi connectivity index (χ4n) is 3.54. The molecule has 142 valence electrons. The second-order valence-electron chi connectivity index (χ2n) is 7.29. The second kappa shape index (κ2) is 7.80. The molecular weight excluding hydrogens is 350 g/mol. The third kappa shape index (κ3) is 4.03. The van der Waals surface area contributed by atoms with Crippen LogP contribution in [-0.2, 0) is 16.0 Å². The Morgan fingerprint density at radius 3 is 2.75 bits per heavy atom. The first-order valence-electron chi connectivity index (χ1n) is 9.60. The molecule has 5 heteroatoms. The number of fused-ring (bicyclic) bond motifs is 1. The molecule has 3 heterocycles. The monoisotopic (exact) mass is 373 g/mol. The Bertz CT molecular complexity index is 974. The number of carbonyl (C=O) groups is 2. The van der Waals surface area contributed by atoms with Gasteiger partial charge in [-0.3, -0.25) is 9.59 Å². The summed E-state index contributed by atoms with van der Waals surface area (Å²) < 4.78 is 0. The zero-order chi connectivity index (χ0) is 19.5. The van der Waals surface area contributed by atoms with Crippen molar-refractivity contribution in [2.75, 3.05) is 18.4 Å². The zero-order valence-electron chi connectivity index (χ0n) is 15.9. The molecule has 0 fully saturated rings. The summed E-state index contributed by atoms with van der Waals surface area (Å²) in [7, 11) is 0. The fourth-order valence-corrected chi connectivity index (χ4v) is 3.54. The lowest BCUT2D eigenvalue weighted by Crippen LogP contribution is -2.33. The number of rotatable bonds is 3. The van der Waals surface area contributed by atoms with Gasteiger partial charge in [0.15, 0.2) is 0 Å². The molecule has 0 radical (unpaired) electrons. The third-order valence-electron chi connectivity index (χ3n) is 5.23. The molecule has 0 saturated heterocycles. The molecule has 28 heavy (non-hydrogen) atoms. The van der Waals surface area contributed by atoms with E-state index in [2.05, 4.69) is 47.6 Å². The maximum absolute atomic E-state index is 12.5. The van der Waals surface area contributed by atoms with Crippen LogP contribution < -0.4 is 5.32 Å². The van der Waals surface area contributed by atoms with Gasteiger partial charge in [0.25, 0.3) is 0 Å². The molecule has 2 aromatic rings. The molecule has 0 atom stereocenters. The summed E-state index contributed by atoms with van der Waals surface area (Å²) in [4.78, 5) is 30.1. The number of anilines is 1. The Balaban J connectivity index is 1.39. The van der Waals surface area contributed by atoms with E-state index in [-0.39, 0.29) is 11.8 Å². The number of pyridine rings is 1. The SMILES string of the molecule is Cc1ccc(C2=CCN(C(=O)/C=C/c3cnc4c(c3)CCC(=O)N4)CC2)cc1. The summed E-state index contributed by atoms with van der Waals surface area (Å²) in [5.41, 5.74) is 5.67. The van der Waals surface area contributed by atoms with E-state index in [1.54, 1.807) is 18.3 Å². The number of carbonyl (C=O) groups excluding carboxylic acids is 2. The highest BCUT2D eigenvalue weighted by atomic mass is 16.2. The standard InChI is InChI=1S/C23H23N3O2/c1-16-2-5-18(6-3-16)19-10-12-26(13-11-19)22(28)9-4-17-14-20-7-8-21(27)25-23(20)24-15-17/h2-6,9-10,14-15H,7-8,11-13H2,1H3,(H,24,25,27)/b9-4+. The molecule has 0 bridgehead atoms. The lowest BCUT2D eigenvalue weighted by Gasteiger charge is -2.25. The van der Waals surface area contributed by atoms with E-state index >= 15 is 0 Å². The van der Waals surface area contributed by atoms with Crippen LogP contribution in [0, 0.1) is 6.92 Å². The lowest BCUT2D eigenvalue weighted by molar-refractivity contribution is -0.125. The summed E-state index contributed by atoms with van der Waals surface area (Å²) in [5.74, 6) is 0.636. The quantitative estimate of drug-likeness (QED) is 0.836. The van der Waals surface area contributed by atoms with Crippen molar-refractivity contribution in [3.63, 3.8) is 0 Å². The van der Waals surface area contributed by atoms with Crippen molar-refractivity contribution < 1.29 is 9.59 Å². The highest BCUT2D eigenvalue weighted by Crippen LogP contribution is 2.23. The van der Waals surface area contributed by atoms with Crippen LogP contribution in [0.4, 0.5) is 5.82 Å². The molecule has 0 spiro atoms. The predicted molar refractivity (Wildman–Crippen MR) is 111 cm³/mol. The molecule has 1 N–H and O–H groups in total. The zero-order valence-corrected chi connectivity index (χ0v) is 15.9. The van der Waals surface area contributed by atoms with Gasteiger partial charge >= 0.3 is 0 Å². The minimum Gasteiger partial charge on any atom is -0.335 e. The first-order valence-corrected chi connectivity index (χ1v) is 9.60. The molecule has 5 nitrogen and oxygen atoms in total. The minimum atomic E-state index is 0.00151. The second-order valence-corrected chi connectivity index (χ2v) is 7.29. The van der Waals surface area contributed by atoms with Gasteiger partial charge in [0.05, 0.1) is 0 Å². The van der Waals surface area contributed by atoms with Crippen LogP contribution in [0.2, 0.25) is 0 Å². The van der Waals surface area contributed by atoms with Gasteiger partial charge in [-0.2, -0.15) is 0 Å². The molecule has 1 aromatic heterocycles. The highest BCUT2D eigenvalue weighted by Gasteiger charge is 2.17. The Kier molecular flexibility index (Phi) is 5.06. The molecule has 4 rings (SSSR count).